The fourth-order valence-corrected chi connectivity index (χ4v) is 7.07. The van der Waals surface area contributed by atoms with Gasteiger partial charge in [-0.15, -0.1) is 0 Å². The molecule has 4 rings (SSSR count). The molecule has 146 valence electrons. The summed E-state index contributed by atoms with van der Waals surface area (Å²) in [4.78, 5) is 21.3. The van der Waals surface area contributed by atoms with Gasteiger partial charge < -0.3 is 0 Å². The third kappa shape index (κ3) is 4.96. The molecule has 1 aromatic heterocycles. The fraction of sp³-hybridized carbons (Fsp3) is 0.500. The summed E-state index contributed by atoms with van der Waals surface area (Å²) >= 11 is 1.29. The van der Waals surface area contributed by atoms with Gasteiger partial charge in [0.15, 0.2) is 0 Å². The van der Waals surface area contributed by atoms with Crippen LogP contribution in [0.5, 0.6) is 0 Å². The Balaban J connectivity index is 1.53. The molecule has 0 bridgehead atoms. The molecule has 2 fully saturated rings. The normalized spacial score (nSPS) is 18.9. The van der Waals surface area contributed by atoms with E-state index in [1.54, 1.807) is 12.1 Å². The number of halogens is 1. The van der Waals surface area contributed by atoms with Crippen LogP contribution in [0.3, 0.4) is 0 Å². The van der Waals surface area contributed by atoms with Gasteiger partial charge in [0.25, 0.3) is 0 Å². The maximum absolute atomic E-state index is 13.4. The third-order valence-corrected chi connectivity index (χ3v) is 7.76. The number of carbonyl (C=O) groups excluding carboxylic acids is 1. The minimum absolute atomic E-state index is 0.0982. The van der Waals surface area contributed by atoms with Crippen LogP contribution in [-0.2, 0) is 0 Å². The van der Waals surface area contributed by atoms with E-state index in [4.69, 9.17) is 0 Å². The van der Waals surface area contributed by atoms with E-state index < -0.39 is 0 Å². The van der Waals surface area contributed by atoms with E-state index >= 15 is 0 Å². The first-order valence-electron chi connectivity index (χ1n) is 10.1. The summed E-state index contributed by atoms with van der Waals surface area (Å²) in [6.45, 7) is 4.07. The van der Waals surface area contributed by atoms with Crippen LogP contribution in [0.25, 0.3) is 11.3 Å². The van der Waals surface area contributed by atoms with Crippen LogP contribution in [-0.4, -0.2) is 43.1 Å². The molecule has 28 heavy (non-hydrogen) atoms. The van der Waals surface area contributed by atoms with E-state index in [2.05, 4.69) is 20.1 Å². The molecule has 5 nitrogen and oxygen atoms in total. The second kappa shape index (κ2) is 9.53. The predicted molar refractivity (Wildman–Crippen MR) is 109 cm³/mol. The number of benzene rings is 1. The van der Waals surface area contributed by atoms with Crippen molar-refractivity contribution in [2.45, 2.75) is 38.1 Å². The molecule has 0 radical (unpaired) electrons. The standard InChI is InChI=1S/C20H24FN4OS.Ra.H/c21-16-8-6-15(7-9-16)18-19(27-20(23-18)22-14-26)25-12-10-24(11-13-25)17-4-2-1-3-5-17;;/h6-9,17H,1-5,10-13H2,(H,22,23,26);;. The Morgan fingerprint density at radius 3 is 2.43 bits per heavy atom. The maximum atomic E-state index is 13.4. The summed E-state index contributed by atoms with van der Waals surface area (Å²) in [7, 11) is 0. The molecule has 2 aliphatic rings. The summed E-state index contributed by atoms with van der Waals surface area (Å²) < 4.78 is 13.5. The second-order valence-corrected chi connectivity index (χ2v) is 12.4. The molecule has 1 saturated heterocycles. The quantitative estimate of drug-likeness (QED) is 0.561. The average molecular weight is 615 g/mol. The van der Waals surface area contributed by atoms with Crippen LogP contribution in [0.1, 0.15) is 32.1 Å². The van der Waals surface area contributed by atoms with Gasteiger partial charge in [0, 0.05) is 0 Å². The van der Waals surface area contributed by atoms with E-state index in [0.29, 0.717) is 5.13 Å². The molecule has 1 amide bonds. The van der Waals surface area contributed by atoms with Crippen molar-refractivity contribution >= 4 is 22.4 Å². The van der Waals surface area contributed by atoms with Gasteiger partial charge in [0.2, 0.25) is 0 Å². The SMILES string of the molecule is O=[C]([RaH])Nc1nc(-c2ccc(F)cc2)c(N2CCN(C3CCCCC3)CC2)s1. The van der Waals surface area contributed by atoms with Crippen molar-refractivity contribution in [1.29, 1.82) is 0 Å². The van der Waals surface area contributed by atoms with Crippen LogP contribution >= 0.6 is 11.3 Å². The number of hydrogen-bond donors (Lipinski definition) is 1. The summed E-state index contributed by atoms with van der Waals surface area (Å²) in [6.07, 6.45) is 6.77. The number of nitrogens with zero attached hydrogens (tertiary/aromatic N) is 3. The Kier molecular flexibility index (Phi) is 7.05. The summed E-state index contributed by atoms with van der Waals surface area (Å²) in [5, 5.41) is 4.64. The molecule has 0 unspecified atom stereocenters. The zero-order valence-electron chi connectivity index (χ0n) is 16.3. The van der Waals surface area contributed by atoms with Gasteiger partial charge in [-0.2, -0.15) is 0 Å². The van der Waals surface area contributed by atoms with Crippen molar-refractivity contribution in [3.05, 3.63) is 30.1 Å². The zero-order chi connectivity index (χ0) is 19.5. The second-order valence-electron chi connectivity index (χ2n) is 7.68. The predicted octanol–water partition coefficient (Wildman–Crippen LogP) is 4.22. The number of hydrogen-bond acceptors (Lipinski definition) is 5. The van der Waals surface area contributed by atoms with Gasteiger partial charge in [0.1, 0.15) is 0 Å². The molecular formula is C20H25FN4ORaS. The van der Waals surface area contributed by atoms with Crippen LogP contribution in [0.2, 0.25) is 0 Å². The Bertz CT molecular complexity index is 814. The number of aromatic nitrogens is 1. The van der Waals surface area contributed by atoms with E-state index in [9.17, 15) is 9.18 Å². The molecule has 1 saturated carbocycles. The number of nitrogens with one attached hydrogen (secondary N) is 1. The van der Waals surface area contributed by atoms with Crippen molar-refractivity contribution < 1.29 is 52.0 Å². The molecule has 1 N–H and O–H groups in total. The van der Waals surface area contributed by atoms with Gasteiger partial charge >= 0.3 is 194 Å². The molecule has 1 aliphatic heterocycles. The molecule has 2 heterocycles. The van der Waals surface area contributed by atoms with Crippen molar-refractivity contribution in [3.8, 4) is 11.3 Å². The van der Waals surface area contributed by atoms with Gasteiger partial charge in [-0.3, -0.25) is 0 Å². The summed E-state index contributed by atoms with van der Waals surface area (Å²) in [6, 6.07) is 7.22. The van der Waals surface area contributed by atoms with Crippen molar-refractivity contribution in [2.24, 2.45) is 0 Å². The number of carbonyl (C=O) groups is 1. The van der Waals surface area contributed by atoms with E-state index in [1.165, 1.54) is 55.6 Å². The molecular weight excluding hydrogens is 589 g/mol. The topological polar surface area (TPSA) is 48.5 Å². The van der Waals surface area contributed by atoms with Gasteiger partial charge in [-0.1, -0.05) is 6.42 Å². The van der Waals surface area contributed by atoms with Crippen molar-refractivity contribution in [1.82, 2.24) is 9.88 Å². The molecule has 0 atom stereocenters. The number of anilines is 2. The molecule has 1 aromatic carbocycles. The van der Waals surface area contributed by atoms with Crippen LogP contribution < -0.4 is 10.2 Å². The first-order valence-corrected chi connectivity index (χ1v) is 15.1. The van der Waals surface area contributed by atoms with E-state index in [1.807, 2.05) is 0 Å². The Morgan fingerprint density at radius 1 is 1.11 bits per heavy atom. The van der Waals surface area contributed by atoms with Crippen LogP contribution in [0.15, 0.2) is 24.3 Å². The molecule has 1 aliphatic carbocycles. The van der Waals surface area contributed by atoms with E-state index in [0.717, 1.165) is 48.5 Å². The van der Waals surface area contributed by atoms with Gasteiger partial charge in [-0.05, 0) is 0 Å². The molecule has 0 spiro atoms. The van der Waals surface area contributed by atoms with Gasteiger partial charge in [0.05, 0.1) is 0 Å². The van der Waals surface area contributed by atoms with Crippen LogP contribution in [0.4, 0.5) is 19.3 Å². The Hall–Kier alpha value is -0.522. The van der Waals surface area contributed by atoms with Gasteiger partial charge in [-0.25, -0.2) is 0 Å². The number of thiazole rings is 1. The Morgan fingerprint density at radius 2 is 1.79 bits per heavy atom. The number of piperazine rings is 1. The average Bonchev–Trinajstić information content (AvgIpc) is 3.12. The van der Waals surface area contributed by atoms with Crippen molar-refractivity contribution in [2.75, 3.05) is 36.4 Å². The van der Waals surface area contributed by atoms with Crippen molar-refractivity contribution in [3.63, 3.8) is 0 Å². The molecule has 2 aromatic rings. The fourth-order valence-electron chi connectivity index (χ4n) is 4.26. The number of amides is 1. The third-order valence-electron chi connectivity index (χ3n) is 5.70. The summed E-state index contributed by atoms with van der Waals surface area (Å²) in [5.74, 6) is -0.251. The van der Waals surface area contributed by atoms with E-state index in [-0.39, 0.29) is 49.6 Å². The monoisotopic (exact) mass is 614 g/mol. The molecule has 8 heteroatoms. The first kappa shape index (κ1) is 20.7. The summed E-state index contributed by atoms with van der Waals surface area (Å²) in [5.41, 5.74) is 1.74. The van der Waals surface area contributed by atoms with Crippen LogP contribution in [0, 0.1) is 48.6 Å². The first-order chi connectivity index (χ1) is 13.6. The Labute approximate surface area is 198 Å². The zero-order valence-corrected chi connectivity index (χ0v) is 25.3. The minimum atomic E-state index is -0.251. The number of rotatable bonds is 4.